The van der Waals surface area contributed by atoms with E-state index in [2.05, 4.69) is 0 Å². The lowest BCUT2D eigenvalue weighted by molar-refractivity contribution is -0.145. The topological polar surface area (TPSA) is 72.9 Å². The molecule has 2 aromatic carbocycles. The molecule has 29 heavy (non-hydrogen) atoms. The second-order valence-electron chi connectivity index (χ2n) is 6.04. The van der Waals surface area contributed by atoms with Crippen LogP contribution in [0.4, 0.5) is 4.79 Å². The molecule has 0 aromatic heterocycles. The summed E-state index contributed by atoms with van der Waals surface area (Å²) in [5.74, 6) is -0.643. The maximum Gasteiger partial charge on any atom is 0.326 e. The zero-order valence-corrected chi connectivity index (χ0v) is 17.2. The number of imide groups is 1. The number of hydrogen-bond acceptors (Lipinski definition) is 6. The van der Waals surface area contributed by atoms with Crippen LogP contribution in [0.5, 0.6) is 5.75 Å². The van der Waals surface area contributed by atoms with Crippen LogP contribution in [0.2, 0.25) is 5.02 Å². The second-order valence-corrected chi connectivity index (χ2v) is 7.44. The van der Waals surface area contributed by atoms with Crippen LogP contribution < -0.4 is 4.74 Å². The van der Waals surface area contributed by atoms with Crippen LogP contribution in [-0.4, -0.2) is 35.2 Å². The first kappa shape index (κ1) is 21.0. The van der Waals surface area contributed by atoms with Gasteiger partial charge in [0.1, 0.15) is 18.9 Å². The molecule has 0 aliphatic carbocycles. The number of halogens is 1. The summed E-state index contributed by atoms with van der Waals surface area (Å²) in [4.78, 5) is 37.1. The molecule has 1 heterocycles. The van der Waals surface area contributed by atoms with Gasteiger partial charge in [-0.3, -0.25) is 19.3 Å². The van der Waals surface area contributed by atoms with E-state index in [1.165, 1.54) is 0 Å². The van der Waals surface area contributed by atoms with Crippen molar-refractivity contribution in [2.45, 2.75) is 13.5 Å². The molecule has 1 aliphatic heterocycles. The number of amides is 2. The SMILES string of the molecule is CCOC(=O)CN1C(=O)S/C(=C\c2ccc(OCc3ccccc3)c(Cl)c2)C1=O. The van der Waals surface area contributed by atoms with Gasteiger partial charge in [-0.05, 0) is 48.0 Å². The highest BCUT2D eigenvalue weighted by Crippen LogP contribution is 2.33. The molecule has 0 radical (unpaired) electrons. The molecule has 1 aliphatic rings. The van der Waals surface area contributed by atoms with Crippen molar-refractivity contribution in [3.05, 3.63) is 69.6 Å². The van der Waals surface area contributed by atoms with E-state index in [1.807, 2.05) is 30.3 Å². The molecule has 0 N–H and O–H groups in total. The molecule has 150 valence electrons. The summed E-state index contributed by atoms with van der Waals surface area (Å²) in [7, 11) is 0. The van der Waals surface area contributed by atoms with Crippen molar-refractivity contribution in [3.8, 4) is 5.75 Å². The van der Waals surface area contributed by atoms with E-state index in [9.17, 15) is 14.4 Å². The molecule has 1 fully saturated rings. The van der Waals surface area contributed by atoms with Crippen molar-refractivity contribution in [2.24, 2.45) is 0 Å². The number of carbonyl (C=O) groups is 3. The maximum absolute atomic E-state index is 12.4. The standard InChI is InChI=1S/C21H18ClNO5S/c1-2-27-19(24)12-23-20(25)18(29-21(23)26)11-15-8-9-17(16(22)10-15)28-13-14-6-4-3-5-7-14/h3-11H,2,12-13H2,1H3/b18-11-. The van der Waals surface area contributed by atoms with E-state index >= 15 is 0 Å². The Labute approximate surface area is 177 Å². The van der Waals surface area contributed by atoms with Crippen LogP contribution in [0.25, 0.3) is 6.08 Å². The lowest BCUT2D eigenvalue weighted by atomic mass is 10.2. The summed E-state index contributed by atoms with van der Waals surface area (Å²) in [6, 6.07) is 14.8. The summed E-state index contributed by atoms with van der Waals surface area (Å²) in [5.41, 5.74) is 1.66. The predicted molar refractivity (Wildman–Crippen MR) is 112 cm³/mol. The Kier molecular flexibility index (Phi) is 6.95. The molecule has 0 bridgehead atoms. The second kappa shape index (κ2) is 9.62. The van der Waals surface area contributed by atoms with Crippen molar-refractivity contribution in [1.29, 1.82) is 0 Å². The lowest BCUT2D eigenvalue weighted by Crippen LogP contribution is -2.34. The Morgan fingerprint density at radius 1 is 1.17 bits per heavy atom. The summed E-state index contributed by atoms with van der Waals surface area (Å²) >= 11 is 7.06. The van der Waals surface area contributed by atoms with Crippen LogP contribution in [0.15, 0.2) is 53.4 Å². The van der Waals surface area contributed by atoms with Gasteiger partial charge in [-0.2, -0.15) is 0 Å². The summed E-state index contributed by atoms with van der Waals surface area (Å²) in [5, 5.41) is -0.122. The zero-order chi connectivity index (χ0) is 20.8. The number of esters is 1. The average molecular weight is 432 g/mol. The molecule has 2 amide bonds. The van der Waals surface area contributed by atoms with Gasteiger partial charge in [-0.15, -0.1) is 0 Å². The number of hydrogen-bond donors (Lipinski definition) is 0. The molecular weight excluding hydrogens is 414 g/mol. The smallest absolute Gasteiger partial charge is 0.326 e. The normalized spacial score (nSPS) is 15.1. The number of benzene rings is 2. The van der Waals surface area contributed by atoms with E-state index in [0.29, 0.717) is 22.9 Å². The van der Waals surface area contributed by atoms with E-state index in [4.69, 9.17) is 21.1 Å². The maximum atomic E-state index is 12.4. The third kappa shape index (κ3) is 5.40. The number of ether oxygens (including phenoxy) is 2. The molecule has 3 rings (SSSR count). The van der Waals surface area contributed by atoms with Gasteiger partial charge in [0.15, 0.2) is 0 Å². The van der Waals surface area contributed by atoms with Crippen molar-refractivity contribution in [3.63, 3.8) is 0 Å². The highest BCUT2D eigenvalue weighted by molar-refractivity contribution is 8.18. The van der Waals surface area contributed by atoms with Crippen LogP contribution in [0.1, 0.15) is 18.1 Å². The summed E-state index contributed by atoms with van der Waals surface area (Å²) in [6.07, 6.45) is 1.56. The molecule has 6 nitrogen and oxygen atoms in total. The first-order chi connectivity index (χ1) is 14.0. The van der Waals surface area contributed by atoms with Crippen LogP contribution in [0, 0.1) is 0 Å². The highest BCUT2D eigenvalue weighted by Gasteiger charge is 2.36. The fourth-order valence-electron chi connectivity index (χ4n) is 2.58. The minimum Gasteiger partial charge on any atom is -0.487 e. The monoisotopic (exact) mass is 431 g/mol. The summed E-state index contributed by atoms with van der Waals surface area (Å²) < 4.78 is 10.5. The third-order valence-corrected chi connectivity index (χ3v) is 5.16. The highest BCUT2D eigenvalue weighted by atomic mass is 35.5. The van der Waals surface area contributed by atoms with E-state index < -0.39 is 23.7 Å². The van der Waals surface area contributed by atoms with Gasteiger partial charge < -0.3 is 9.47 Å². The van der Waals surface area contributed by atoms with Gasteiger partial charge in [0.25, 0.3) is 11.1 Å². The third-order valence-electron chi connectivity index (χ3n) is 3.96. The molecule has 1 saturated heterocycles. The van der Waals surface area contributed by atoms with Gasteiger partial charge >= 0.3 is 5.97 Å². The molecule has 0 saturated carbocycles. The Hall–Kier alpha value is -2.77. The largest absolute Gasteiger partial charge is 0.487 e. The Morgan fingerprint density at radius 3 is 2.62 bits per heavy atom. The fourth-order valence-corrected chi connectivity index (χ4v) is 3.66. The quantitative estimate of drug-likeness (QED) is 0.474. The van der Waals surface area contributed by atoms with Gasteiger partial charge in [-0.1, -0.05) is 48.0 Å². The Bertz CT molecular complexity index is 961. The number of rotatable bonds is 7. The van der Waals surface area contributed by atoms with Gasteiger partial charge in [0, 0.05) is 0 Å². The average Bonchev–Trinajstić information content (AvgIpc) is 2.96. The fraction of sp³-hybridized carbons (Fsp3) is 0.190. The summed E-state index contributed by atoms with van der Waals surface area (Å²) in [6.45, 7) is 1.82. The van der Waals surface area contributed by atoms with Crippen LogP contribution in [-0.2, 0) is 20.9 Å². The molecular formula is C21H18ClNO5S. The first-order valence-corrected chi connectivity index (χ1v) is 10.0. The van der Waals surface area contributed by atoms with Crippen LogP contribution >= 0.6 is 23.4 Å². The molecule has 2 aromatic rings. The minimum absolute atomic E-state index is 0.183. The van der Waals surface area contributed by atoms with Crippen molar-refractivity contribution in [2.75, 3.05) is 13.2 Å². The van der Waals surface area contributed by atoms with E-state index in [0.717, 1.165) is 22.2 Å². The van der Waals surface area contributed by atoms with Gasteiger partial charge in [0.05, 0.1) is 16.5 Å². The first-order valence-electron chi connectivity index (χ1n) is 8.85. The van der Waals surface area contributed by atoms with Crippen molar-refractivity contribution in [1.82, 2.24) is 4.90 Å². The number of carbonyl (C=O) groups excluding carboxylic acids is 3. The van der Waals surface area contributed by atoms with Gasteiger partial charge in [0.2, 0.25) is 0 Å². The molecule has 0 spiro atoms. The lowest BCUT2D eigenvalue weighted by Gasteiger charge is -2.11. The molecule has 0 atom stereocenters. The van der Waals surface area contributed by atoms with Crippen molar-refractivity contribution < 1.29 is 23.9 Å². The Morgan fingerprint density at radius 2 is 1.93 bits per heavy atom. The zero-order valence-electron chi connectivity index (χ0n) is 15.6. The number of nitrogens with zero attached hydrogens (tertiary/aromatic N) is 1. The van der Waals surface area contributed by atoms with Crippen LogP contribution in [0.3, 0.4) is 0 Å². The van der Waals surface area contributed by atoms with Gasteiger partial charge in [-0.25, -0.2) is 0 Å². The van der Waals surface area contributed by atoms with E-state index in [1.54, 1.807) is 31.2 Å². The molecule has 0 unspecified atom stereocenters. The minimum atomic E-state index is -0.626. The van der Waals surface area contributed by atoms with Crippen molar-refractivity contribution >= 4 is 46.6 Å². The number of thioether (sulfide) groups is 1. The Balaban J connectivity index is 1.68. The molecule has 8 heteroatoms. The van der Waals surface area contributed by atoms with E-state index in [-0.39, 0.29) is 11.5 Å². The predicted octanol–water partition coefficient (Wildman–Crippen LogP) is 4.52.